The topological polar surface area (TPSA) is 119 Å². The first kappa shape index (κ1) is 50.5. The quantitative estimate of drug-likeness (QED) is 0.143. The second-order valence-corrected chi connectivity index (χ2v) is 22.7. The number of rotatable bonds is 0. The molecule has 5 nitrogen and oxygen atoms in total. The predicted octanol–water partition coefficient (Wildman–Crippen LogP) is 15.5. The summed E-state index contributed by atoms with van der Waals surface area (Å²) in [5.41, 5.74) is 11.2. The first-order valence-corrected chi connectivity index (χ1v) is 23.3. The van der Waals surface area contributed by atoms with Crippen molar-refractivity contribution in [2.75, 3.05) is 0 Å². The molecule has 69 heavy (non-hydrogen) atoms. The van der Waals surface area contributed by atoms with Gasteiger partial charge in [-0.2, -0.15) is 26.3 Å². The van der Waals surface area contributed by atoms with E-state index in [1.165, 1.54) is 0 Å². The molecular formula is C64H61N5. The molecule has 5 aromatic carbocycles. The Morgan fingerprint density at radius 2 is 0.739 bits per heavy atom. The van der Waals surface area contributed by atoms with Crippen LogP contribution in [0.3, 0.4) is 0 Å². The predicted molar refractivity (Wildman–Crippen MR) is 286 cm³/mol. The van der Waals surface area contributed by atoms with E-state index in [0.29, 0.717) is 56.5 Å². The van der Waals surface area contributed by atoms with Crippen LogP contribution < -0.4 is 0 Å². The maximum absolute atomic E-state index is 11.2. The fourth-order valence-electron chi connectivity index (χ4n) is 8.49. The van der Waals surface area contributed by atoms with Crippen LogP contribution in [0.2, 0.25) is 0 Å². The zero-order chi connectivity index (χ0) is 50.9. The van der Waals surface area contributed by atoms with Crippen molar-refractivity contribution in [3.05, 3.63) is 174 Å². The van der Waals surface area contributed by atoms with Crippen LogP contribution in [-0.2, 0) is 33.5 Å². The summed E-state index contributed by atoms with van der Waals surface area (Å²) in [5.74, 6) is 2.75. The Morgan fingerprint density at radius 3 is 1.10 bits per heavy atom. The second kappa shape index (κ2) is 19.0. The molecule has 0 saturated heterocycles. The van der Waals surface area contributed by atoms with Gasteiger partial charge in [0.2, 0.25) is 0 Å². The molecule has 0 spiro atoms. The Kier molecular flexibility index (Phi) is 13.9. The van der Waals surface area contributed by atoms with E-state index < -0.39 is 5.41 Å². The van der Waals surface area contributed by atoms with Gasteiger partial charge in [-0.05, 0) is 186 Å². The highest BCUT2D eigenvalue weighted by atomic mass is 14.4. The van der Waals surface area contributed by atoms with E-state index in [4.69, 9.17) is 6.42 Å². The highest BCUT2D eigenvalue weighted by Gasteiger charge is 2.31. The largest absolute Gasteiger partial charge is 0.197 e. The average molecular weight is 900 g/mol. The highest BCUT2D eigenvalue weighted by Crippen LogP contribution is 2.38. The van der Waals surface area contributed by atoms with Crippen molar-refractivity contribution in [2.24, 2.45) is 0 Å². The summed E-state index contributed by atoms with van der Waals surface area (Å²) in [4.78, 5) is 0. The molecule has 0 radical (unpaired) electrons. The maximum atomic E-state index is 11.2. The van der Waals surface area contributed by atoms with E-state index >= 15 is 0 Å². The molecule has 0 amide bonds. The molecule has 342 valence electrons. The maximum Gasteiger partial charge on any atom is 0.0998 e. The van der Waals surface area contributed by atoms with Crippen LogP contribution in [0.25, 0.3) is 46.6 Å². The Labute approximate surface area is 411 Å². The fraction of sp³-hybridized carbons (Fsp3) is 0.297. The number of allylic oxidation sites excluding steroid dienone is 4. The second-order valence-electron chi connectivity index (χ2n) is 22.7. The third-order valence-electron chi connectivity index (χ3n) is 12.9. The highest BCUT2D eigenvalue weighted by molar-refractivity contribution is 5.96. The number of nitrogens with zero attached hydrogens (tertiary/aromatic N) is 5. The first-order chi connectivity index (χ1) is 32.2. The molecule has 10 bridgehead atoms. The molecule has 0 N–H and O–H groups in total. The molecule has 1 aliphatic rings. The van der Waals surface area contributed by atoms with Gasteiger partial charge in [0, 0.05) is 5.56 Å². The van der Waals surface area contributed by atoms with Crippen LogP contribution in [0.5, 0.6) is 0 Å². The van der Waals surface area contributed by atoms with E-state index in [1.807, 2.05) is 79.7 Å². The Hall–Kier alpha value is -7.93. The molecule has 6 rings (SSSR count). The summed E-state index contributed by atoms with van der Waals surface area (Å²) in [7, 11) is 0. The van der Waals surface area contributed by atoms with E-state index in [0.717, 1.165) is 55.6 Å². The monoisotopic (exact) mass is 899 g/mol. The minimum absolute atomic E-state index is 0.288. The lowest BCUT2D eigenvalue weighted by atomic mass is 9.74. The van der Waals surface area contributed by atoms with Gasteiger partial charge in [-0.25, -0.2) is 0 Å². The van der Waals surface area contributed by atoms with E-state index in [-0.39, 0.29) is 21.7 Å². The van der Waals surface area contributed by atoms with E-state index in [1.54, 1.807) is 12.1 Å². The standard InChI is InChI=1S/C64H61N5/c1-15-41-16-42-18-47(17-41)51(36-65)22-43-19-49(32-55(26-43)60(2,3)4)54(39-68)24-45-28-58(63(11,12)13)34-59(29-45)64(14,40-69)35-46-25-50(33-57(30-46)62(8,9)10)53(38-67)23-44-20-48(52(21-42)37-66)31-56(27-44)61(5,6)7/h1,16-34H,35H2,2-14H3/b51-22+,52-21+,53-23+,54-24+. The van der Waals surface area contributed by atoms with Gasteiger partial charge in [0.05, 0.1) is 58.1 Å². The molecule has 0 aliphatic heterocycles. The SMILES string of the molecule is C#Cc1cc2cc(c1)/C(C#N)=C/c1cc(cc(C(C)(C)C)c1)/C(C#N)=C/c1cc(C(C)(C)C)cc(c1)C(C)(C#N)Cc1cc(cc(C(C)(C)C)c1)/C(C#N)=C/c1cc(cc(C(C)(C)C)c1)/C(C#N)=C/2. The summed E-state index contributed by atoms with van der Waals surface area (Å²) in [5, 5.41) is 54.7. The zero-order valence-corrected chi connectivity index (χ0v) is 42.5. The minimum atomic E-state index is -1.02. The van der Waals surface area contributed by atoms with E-state index in [9.17, 15) is 26.3 Å². The van der Waals surface area contributed by atoms with Crippen molar-refractivity contribution in [1.29, 1.82) is 26.3 Å². The molecule has 5 aromatic rings. The van der Waals surface area contributed by atoms with Gasteiger partial charge in [0.15, 0.2) is 0 Å². The van der Waals surface area contributed by atoms with Gasteiger partial charge in [0.1, 0.15) is 0 Å². The van der Waals surface area contributed by atoms with Gasteiger partial charge in [-0.15, -0.1) is 6.42 Å². The van der Waals surface area contributed by atoms with Gasteiger partial charge in [0.25, 0.3) is 0 Å². The molecule has 0 saturated carbocycles. The summed E-state index contributed by atoms with van der Waals surface area (Å²) in [6, 6.07) is 42.5. The molecule has 5 heteroatoms. The van der Waals surface area contributed by atoms with Crippen LogP contribution in [0.15, 0.2) is 91.0 Å². The van der Waals surface area contributed by atoms with Crippen LogP contribution in [0.4, 0.5) is 0 Å². The minimum Gasteiger partial charge on any atom is -0.197 e. The van der Waals surface area contributed by atoms with Crippen molar-refractivity contribution in [2.45, 2.75) is 124 Å². The van der Waals surface area contributed by atoms with Crippen molar-refractivity contribution in [3.8, 4) is 42.7 Å². The van der Waals surface area contributed by atoms with Gasteiger partial charge < -0.3 is 0 Å². The van der Waals surface area contributed by atoms with Crippen LogP contribution >= 0.6 is 0 Å². The summed E-state index contributed by atoms with van der Waals surface area (Å²) >= 11 is 0. The molecule has 0 fully saturated rings. The number of hydrogen-bond donors (Lipinski definition) is 0. The third kappa shape index (κ3) is 11.6. The van der Waals surface area contributed by atoms with Crippen molar-refractivity contribution in [3.63, 3.8) is 0 Å². The molecular weight excluding hydrogens is 839 g/mol. The smallest absolute Gasteiger partial charge is 0.0998 e. The van der Waals surface area contributed by atoms with Crippen molar-refractivity contribution >= 4 is 46.6 Å². The summed E-state index contributed by atoms with van der Waals surface area (Å²) < 4.78 is 0. The zero-order valence-electron chi connectivity index (χ0n) is 42.5. The Balaban J connectivity index is 1.77. The number of hydrogen-bond acceptors (Lipinski definition) is 5. The van der Waals surface area contributed by atoms with E-state index in [2.05, 4.69) is 150 Å². The van der Waals surface area contributed by atoms with Crippen LogP contribution in [-0.4, -0.2) is 0 Å². The molecule has 1 aliphatic carbocycles. The van der Waals surface area contributed by atoms with Crippen LogP contribution in [0, 0.1) is 69.0 Å². The normalized spacial score (nSPS) is 18.6. The van der Waals surface area contributed by atoms with Crippen molar-refractivity contribution in [1.82, 2.24) is 0 Å². The van der Waals surface area contributed by atoms with Gasteiger partial charge >= 0.3 is 0 Å². The summed E-state index contributed by atoms with van der Waals surface area (Å²) in [6.45, 7) is 27.5. The molecule has 0 aromatic heterocycles. The number of fused-ring (bicyclic) bond motifs is 10. The molecule has 1 atom stereocenters. The van der Waals surface area contributed by atoms with Crippen molar-refractivity contribution < 1.29 is 0 Å². The lowest BCUT2D eigenvalue weighted by molar-refractivity contribution is 0.571. The molecule has 1 unspecified atom stereocenters. The fourth-order valence-corrected chi connectivity index (χ4v) is 8.49. The van der Waals surface area contributed by atoms with Crippen LogP contribution in [0.1, 0.15) is 173 Å². The summed E-state index contributed by atoms with van der Waals surface area (Å²) in [6.07, 6.45) is 13.8. The number of terminal acetylenes is 1. The third-order valence-corrected chi connectivity index (χ3v) is 12.9. The number of benzene rings is 5. The van der Waals surface area contributed by atoms with Gasteiger partial charge in [-0.1, -0.05) is 131 Å². The molecule has 0 heterocycles. The lowest BCUT2D eigenvalue weighted by Gasteiger charge is -2.28. The average Bonchev–Trinajstić information content (AvgIpc) is 3.28. The first-order valence-electron chi connectivity index (χ1n) is 23.3. The van der Waals surface area contributed by atoms with Gasteiger partial charge in [-0.3, -0.25) is 0 Å². The number of nitriles is 5. The lowest BCUT2D eigenvalue weighted by Crippen LogP contribution is -2.25. The Bertz CT molecular complexity index is 3290. The Morgan fingerprint density at radius 1 is 0.406 bits per heavy atom.